The Morgan fingerprint density at radius 2 is 1.88 bits per heavy atom. The molecule has 2 aromatic rings. The van der Waals surface area contributed by atoms with Crippen LogP contribution in [0.15, 0.2) is 53.8 Å². The number of benzene rings is 1. The van der Waals surface area contributed by atoms with Crippen molar-refractivity contribution in [3.05, 3.63) is 65.0 Å². The molecule has 1 aromatic heterocycles. The molecular weight excluding hydrogens is 328 g/mol. The van der Waals surface area contributed by atoms with Gasteiger partial charge in [-0.3, -0.25) is 19.5 Å². The van der Waals surface area contributed by atoms with E-state index in [1.807, 2.05) is 6.92 Å². The third-order valence-electron chi connectivity index (χ3n) is 3.63. The molecule has 2 heterocycles. The zero-order valence-electron chi connectivity index (χ0n) is 13.0. The van der Waals surface area contributed by atoms with E-state index in [1.165, 1.54) is 0 Å². The summed E-state index contributed by atoms with van der Waals surface area (Å²) in [6, 6.07) is 10.5. The van der Waals surface area contributed by atoms with Gasteiger partial charge in [0.05, 0.1) is 18.7 Å². The van der Waals surface area contributed by atoms with Crippen LogP contribution in [-0.2, 0) is 16.1 Å². The third-order valence-corrected chi connectivity index (χ3v) is 3.98. The molecule has 5 nitrogen and oxygen atoms in total. The molecule has 0 atom stereocenters. The second kappa shape index (κ2) is 6.84. The van der Waals surface area contributed by atoms with Gasteiger partial charge in [0.15, 0.2) is 0 Å². The molecular formula is C18H15ClN2O3. The molecule has 0 fully saturated rings. The summed E-state index contributed by atoms with van der Waals surface area (Å²) in [5.74, 6) is -0.200. The number of carbonyl (C=O) groups excluding carboxylic acids is 2. The maximum Gasteiger partial charge on any atom is 0.273 e. The first-order valence-corrected chi connectivity index (χ1v) is 7.87. The lowest BCUT2D eigenvalue weighted by Crippen LogP contribution is -2.30. The van der Waals surface area contributed by atoms with Crippen LogP contribution in [0.2, 0.25) is 0 Å². The van der Waals surface area contributed by atoms with Crippen molar-refractivity contribution >= 4 is 29.0 Å². The average Bonchev–Trinajstić information content (AvgIpc) is 2.81. The van der Waals surface area contributed by atoms with Crippen LogP contribution in [0.1, 0.15) is 18.1 Å². The summed E-state index contributed by atoms with van der Waals surface area (Å²) < 4.78 is 5.38. The van der Waals surface area contributed by atoms with E-state index in [4.69, 9.17) is 16.3 Å². The van der Waals surface area contributed by atoms with Crippen molar-refractivity contribution in [2.75, 3.05) is 6.61 Å². The number of nitrogens with zero attached hydrogens (tertiary/aromatic N) is 2. The number of pyridine rings is 1. The molecule has 0 aliphatic carbocycles. The van der Waals surface area contributed by atoms with Crippen LogP contribution < -0.4 is 4.74 Å². The predicted molar refractivity (Wildman–Crippen MR) is 90.2 cm³/mol. The fraction of sp³-hybridized carbons (Fsp3) is 0.167. The van der Waals surface area contributed by atoms with E-state index in [2.05, 4.69) is 4.98 Å². The van der Waals surface area contributed by atoms with E-state index in [0.29, 0.717) is 17.9 Å². The Labute approximate surface area is 144 Å². The average molecular weight is 343 g/mol. The van der Waals surface area contributed by atoms with Gasteiger partial charge in [0.2, 0.25) is 0 Å². The van der Waals surface area contributed by atoms with Crippen molar-refractivity contribution in [2.24, 2.45) is 0 Å². The second-order valence-corrected chi connectivity index (χ2v) is 5.58. The minimum absolute atomic E-state index is 0.0620. The zero-order valence-corrected chi connectivity index (χ0v) is 13.8. The number of hydrogen-bond acceptors (Lipinski definition) is 4. The topological polar surface area (TPSA) is 59.5 Å². The number of halogens is 1. The molecule has 0 bridgehead atoms. The quantitative estimate of drug-likeness (QED) is 0.784. The van der Waals surface area contributed by atoms with Crippen LogP contribution in [0, 0.1) is 0 Å². The molecule has 122 valence electrons. The zero-order chi connectivity index (χ0) is 17.1. The van der Waals surface area contributed by atoms with Crippen LogP contribution >= 0.6 is 11.6 Å². The van der Waals surface area contributed by atoms with Gasteiger partial charge in [0.25, 0.3) is 11.8 Å². The summed E-state index contributed by atoms with van der Waals surface area (Å²) in [7, 11) is 0. The first kappa shape index (κ1) is 16.2. The summed E-state index contributed by atoms with van der Waals surface area (Å²) in [5, 5.41) is -0.0620. The minimum atomic E-state index is -0.491. The van der Waals surface area contributed by atoms with Gasteiger partial charge in [-0.15, -0.1) is 0 Å². The van der Waals surface area contributed by atoms with E-state index in [1.54, 1.807) is 48.8 Å². The summed E-state index contributed by atoms with van der Waals surface area (Å²) in [6.07, 6.45) is 3.25. The largest absolute Gasteiger partial charge is 0.494 e. The molecule has 3 rings (SSSR count). The molecule has 0 radical (unpaired) electrons. The van der Waals surface area contributed by atoms with Crippen LogP contribution in [0.4, 0.5) is 0 Å². The monoisotopic (exact) mass is 342 g/mol. The van der Waals surface area contributed by atoms with Crippen molar-refractivity contribution in [2.45, 2.75) is 13.5 Å². The molecule has 6 heteroatoms. The van der Waals surface area contributed by atoms with Gasteiger partial charge in [0.1, 0.15) is 10.8 Å². The number of hydrogen-bond donors (Lipinski definition) is 0. The smallest absolute Gasteiger partial charge is 0.273 e. The first-order chi connectivity index (χ1) is 11.6. The number of rotatable bonds is 5. The van der Waals surface area contributed by atoms with E-state index in [9.17, 15) is 9.59 Å². The normalized spacial score (nSPS) is 14.5. The first-order valence-electron chi connectivity index (χ1n) is 7.50. The van der Waals surface area contributed by atoms with Crippen molar-refractivity contribution in [1.29, 1.82) is 0 Å². The second-order valence-electron chi connectivity index (χ2n) is 5.20. The Morgan fingerprint density at radius 1 is 1.12 bits per heavy atom. The van der Waals surface area contributed by atoms with Gasteiger partial charge in [0, 0.05) is 12.4 Å². The van der Waals surface area contributed by atoms with Crippen molar-refractivity contribution in [3.63, 3.8) is 0 Å². The molecule has 24 heavy (non-hydrogen) atoms. The van der Waals surface area contributed by atoms with E-state index in [0.717, 1.165) is 10.5 Å². The number of amides is 2. The number of aromatic nitrogens is 1. The molecule has 0 unspecified atom stereocenters. The van der Waals surface area contributed by atoms with E-state index >= 15 is 0 Å². The molecule has 1 aliphatic heterocycles. The molecule has 1 aromatic carbocycles. The lowest BCUT2D eigenvalue weighted by molar-refractivity contribution is -0.137. The summed E-state index contributed by atoms with van der Waals surface area (Å²) >= 11 is 6.14. The van der Waals surface area contributed by atoms with Gasteiger partial charge < -0.3 is 4.74 Å². The van der Waals surface area contributed by atoms with Crippen LogP contribution in [-0.4, -0.2) is 28.3 Å². The van der Waals surface area contributed by atoms with Crippen molar-refractivity contribution in [1.82, 2.24) is 9.88 Å². The van der Waals surface area contributed by atoms with Crippen molar-refractivity contribution < 1.29 is 14.3 Å². The number of carbonyl (C=O) groups is 2. The number of imide groups is 1. The minimum Gasteiger partial charge on any atom is -0.494 e. The number of ether oxygens (including phenoxy) is 1. The van der Waals surface area contributed by atoms with Gasteiger partial charge in [-0.25, -0.2) is 0 Å². The van der Waals surface area contributed by atoms with Crippen molar-refractivity contribution in [3.8, 4) is 5.75 Å². The van der Waals surface area contributed by atoms with Gasteiger partial charge >= 0.3 is 0 Å². The van der Waals surface area contributed by atoms with Crippen LogP contribution in [0.3, 0.4) is 0 Å². The van der Waals surface area contributed by atoms with E-state index in [-0.39, 0.29) is 17.2 Å². The fourth-order valence-corrected chi connectivity index (χ4v) is 2.79. The molecule has 2 amide bonds. The summed E-state index contributed by atoms with van der Waals surface area (Å²) in [4.78, 5) is 30.1. The van der Waals surface area contributed by atoms with Gasteiger partial charge in [-0.1, -0.05) is 29.8 Å². The Kier molecular flexibility index (Phi) is 4.62. The Hall–Kier alpha value is -2.66. The maximum absolute atomic E-state index is 12.7. The van der Waals surface area contributed by atoms with Gasteiger partial charge in [-0.05, 0) is 36.2 Å². The lowest BCUT2D eigenvalue weighted by Gasteiger charge is -2.14. The predicted octanol–water partition coefficient (Wildman–Crippen LogP) is 3.00. The summed E-state index contributed by atoms with van der Waals surface area (Å²) in [5.41, 5.74) is 1.57. The molecule has 1 aliphatic rings. The fourth-order valence-electron chi connectivity index (χ4n) is 2.50. The lowest BCUT2D eigenvalue weighted by atomic mass is 10.1. The Balaban J connectivity index is 1.86. The molecule has 0 N–H and O–H groups in total. The highest BCUT2D eigenvalue weighted by Crippen LogP contribution is 2.33. The Bertz CT molecular complexity index is 801. The highest BCUT2D eigenvalue weighted by molar-refractivity contribution is 6.55. The highest BCUT2D eigenvalue weighted by Gasteiger charge is 2.38. The van der Waals surface area contributed by atoms with Crippen LogP contribution in [0.5, 0.6) is 5.75 Å². The third kappa shape index (κ3) is 3.03. The molecule has 0 spiro atoms. The molecule has 0 saturated carbocycles. The SMILES string of the molecule is CCOc1ccc(C2=C(Cl)C(=O)N(Cc3cccnc3)C2=O)cc1. The Morgan fingerprint density at radius 3 is 2.50 bits per heavy atom. The van der Waals surface area contributed by atoms with E-state index < -0.39 is 11.8 Å². The van der Waals surface area contributed by atoms with Gasteiger partial charge in [-0.2, -0.15) is 0 Å². The molecule has 0 saturated heterocycles. The van der Waals surface area contributed by atoms with Crippen LogP contribution in [0.25, 0.3) is 5.57 Å². The maximum atomic E-state index is 12.7. The standard InChI is InChI=1S/C18H15ClN2O3/c1-2-24-14-7-5-13(6-8-14)15-16(19)18(23)21(17(15)22)11-12-4-3-9-20-10-12/h3-10H,2,11H2,1H3. The summed E-state index contributed by atoms with van der Waals surface area (Å²) in [6.45, 7) is 2.59. The highest BCUT2D eigenvalue weighted by atomic mass is 35.5.